The zero-order valence-electron chi connectivity index (χ0n) is 13.1. The van der Waals surface area contributed by atoms with E-state index in [0.29, 0.717) is 25.6 Å². The van der Waals surface area contributed by atoms with E-state index in [1.807, 2.05) is 0 Å². The van der Waals surface area contributed by atoms with Gasteiger partial charge in [-0.1, -0.05) is 19.3 Å². The van der Waals surface area contributed by atoms with Crippen LogP contribution in [-0.4, -0.2) is 48.6 Å². The number of carbonyl (C=O) groups is 2. The van der Waals surface area contributed by atoms with E-state index in [2.05, 4.69) is 5.32 Å². The van der Waals surface area contributed by atoms with Crippen LogP contribution < -0.4 is 5.32 Å². The molecule has 120 valence electrons. The molecule has 1 saturated heterocycles. The smallest absolute Gasteiger partial charge is 0.221 e. The van der Waals surface area contributed by atoms with Crippen molar-refractivity contribution in [1.29, 1.82) is 0 Å². The molecule has 0 aromatic carbocycles. The van der Waals surface area contributed by atoms with Crippen LogP contribution in [0.5, 0.6) is 0 Å². The average molecular weight is 296 g/mol. The average Bonchev–Trinajstić information content (AvgIpc) is 2.97. The first kappa shape index (κ1) is 16.3. The molecule has 1 unspecified atom stereocenters. The quantitative estimate of drug-likeness (QED) is 0.814. The van der Waals surface area contributed by atoms with Crippen LogP contribution in [0.1, 0.15) is 58.3 Å². The lowest BCUT2D eigenvalue weighted by Crippen LogP contribution is -2.41. The van der Waals surface area contributed by atoms with Crippen molar-refractivity contribution in [2.75, 3.05) is 19.7 Å². The van der Waals surface area contributed by atoms with Crippen molar-refractivity contribution in [3.8, 4) is 0 Å². The first-order valence-electron chi connectivity index (χ1n) is 8.31. The number of nitrogens with one attached hydrogen (secondary N) is 1. The van der Waals surface area contributed by atoms with Crippen LogP contribution in [0.4, 0.5) is 0 Å². The molecular formula is C16H28N2O3. The maximum atomic E-state index is 12.0. The molecule has 2 amide bonds. The molecule has 1 saturated carbocycles. The molecule has 1 aliphatic carbocycles. The lowest BCUT2D eigenvalue weighted by molar-refractivity contribution is -0.131. The Morgan fingerprint density at radius 2 is 1.90 bits per heavy atom. The van der Waals surface area contributed by atoms with Crippen molar-refractivity contribution in [2.24, 2.45) is 0 Å². The molecule has 0 aromatic heterocycles. The van der Waals surface area contributed by atoms with Gasteiger partial charge in [0, 0.05) is 39.1 Å². The van der Waals surface area contributed by atoms with Gasteiger partial charge in [-0.2, -0.15) is 0 Å². The minimum absolute atomic E-state index is 0.0240. The summed E-state index contributed by atoms with van der Waals surface area (Å²) in [5.41, 5.74) is 0. The van der Waals surface area contributed by atoms with Crippen LogP contribution >= 0.6 is 0 Å². The van der Waals surface area contributed by atoms with Gasteiger partial charge in [-0.3, -0.25) is 9.59 Å². The summed E-state index contributed by atoms with van der Waals surface area (Å²) in [4.78, 5) is 25.4. The maximum Gasteiger partial charge on any atom is 0.221 e. The third-order valence-corrected chi connectivity index (χ3v) is 4.47. The Hall–Kier alpha value is -1.10. The highest BCUT2D eigenvalue weighted by Gasteiger charge is 2.22. The highest BCUT2D eigenvalue weighted by Crippen LogP contribution is 2.17. The molecule has 2 rings (SSSR count). The van der Waals surface area contributed by atoms with Gasteiger partial charge >= 0.3 is 0 Å². The molecule has 0 aromatic rings. The monoisotopic (exact) mass is 296 g/mol. The Balaban J connectivity index is 1.69. The van der Waals surface area contributed by atoms with Gasteiger partial charge in [-0.05, 0) is 25.7 Å². The van der Waals surface area contributed by atoms with Crippen molar-refractivity contribution < 1.29 is 14.3 Å². The van der Waals surface area contributed by atoms with Crippen molar-refractivity contribution in [1.82, 2.24) is 10.2 Å². The van der Waals surface area contributed by atoms with Crippen LogP contribution in [0.3, 0.4) is 0 Å². The lowest BCUT2D eigenvalue weighted by Gasteiger charge is -2.25. The standard InChI is InChI=1S/C16H28N2O3/c1-13(19)18(12-15-8-5-11-21-15)10-9-16(20)17-14-6-3-2-4-7-14/h14-15H,2-12H2,1H3,(H,17,20). The third-order valence-electron chi connectivity index (χ3n) is 4.47. The number of hydrogen-bond donors (Lipinski definition) is 1. The summed E-state index contributed by atoms with van der Waals surface area (Å²) in [5, 5.41) is 3.10. The van der Waals surface area contributed by atoms with Crippen LogP contribution in [0.2, 0.25) is 0 Å². The van der Waals surface area contributed by atoms with Crippen LogP contribution in [0, 0.1) is 0 Å². The molecule has 5 nitrogen and oxygen atoms in total. The van der Waals surface area contributed by atoms with E-state index in [1.54, 1.807) is 11.8 Å². The molecule has 2 aliphatic rings. The predicted octanol–water partition coefficient (Wildman–Crippen LogP) is 1.85. The predicted molar refractivity (Wildman–Crippen MR) is 80.9 cm³/mol. The third kappa shape index (κ3) is 5.65. The van der Waals surface area contributed by atoms with Gasteiger partial charge in [0.05, 0.1) is 6.10 Å². The largest absolute Gasteiger partial charge is 0.376 e. The van der Waals surface area contributed by atoms with Crippen molar-refractivity contribution in [3.63, 3.8) is 0 Å². The number of nitrogens with zero attached hydrogens (tertiary/aromatic N) is 1. The normalized spacial score (nSPS) is 23.0. The van der Waals surface area contributed by atoms with Gasteiger partial charge in [0.2, 0.25) is 11.8 Å². The zero-order chi connectivity index (χ0) is 15.1. The second-order valence-corrected chi connectivity index (χ2v) is 6.25. The second-order valence-electron chi connectivity index (χ2n) is 6.25. The van der Waals surface area contributed by atoms with Gasteiger partial charge < -0.3 is 15.0 Å². The van der Waals surface area contributed by atoms with E-state index in [9.17, 15) is 9.59 Å². The van der Waals surface area contributed by atoms with Crippen molar-refractivity contribution >= 4 is 11.8 Å². The minimum atomic E-state index is 0.0240. The van der Waals surface area contributed by atoms with E-state index < -0.39 is 0 Å². The van der Waals surface area contributed by atoms with Gasteiger partial charge in [0.15, 0.2) is 0 Å². The summed E-state index contributed by atoms with van der Waals surface area (Å²) in [6.07, 6.45) is 8.52. The maximum absolute atomic E-state index is 12.0. The minimum Gasteiger partial charge on any atom is -0.376 e. The van der Waals surface area contributed by atoms with Gasteiger partial charge in [-0.25, -0.2) is 0 Å². The molecular weight excluding hydrogens is 268 g/mol. The Kier molecular flexibility index (Phi) is 6.49. The molecule has 2 fully saturated rings. The lowest BCUT2D eigenvalue weighted by atomic mass is 9.95. The highest BCUT2D eigenvalue weighted by atomic mass is 16.5. The van der Waals surface area contributed by atoms with Crippen LogP contribution in [0.25, 0.3) is 0 Å². The second kappa shape index (κ2) is 8.37. The van der Waals surface area contributed by atoms with Crippen LogP contribution in [-0.2, 0) is 14.3 Å². The summed E-state index contributed by atoms with van der Waals surface area (Å²) in [7, 11) is 0. The molecule has 1 heterocycles. The van der Waals surface area contributed by atoms with Gasteiger partial charge in [0.25, 0.3) is 0 Å². The Bertz CT molecular complexity index is 347. The number of ether oxygens (including phenoxy) is 1. The summed E-state index contributed by atoms with van der Waals surface area (Å²) < 4.78 is 5.57. The van der Waals surface area contributed by atoms with E-state index in [0.717, 1.165) is 32.3 Å². The topological polar surface area (TPSA) is 58.6 Å². The van der Waals surface area contributed by atoms with Crippen LogP contribution in [0.15, 0.2) is 0 Å². The van der Waals surface area contributed by atoms with Crippen molar-refractivity contribution in [2.45, 2.75) is 70.4 Å². The molecule has 1 aliphatic heterocycles. The molecule has 21 heavy (non-hydrogen) atoms. The molecule has 5 heteroatoms. The summed E-state index contributed by atoms with van der Waals surface area (Å²) >= 11 is 0. The first-order chi connectivity index (χ1) is 10.1. The number of amides is 2. The molecule has 1 N–H and O–H groups in total. The highest BCUT2D eigenvalue weighted by molar-refractivity contribution is 5.78. The molecule has 1 atom stereocenters. The van der Waals surface area contributed by atoms with E-state index >= 15 is 0 Å². The zero-order valence-corrected chi connectivity index (χ0v) is 13.1. The first-order valence-corrected chi connectivity index (χ1v) is 8.31. The fraction of sp³-hybridized carbons (Fsp3) is 0.875. The molecule has 0 radical (unpaired) electrons. The van der Waals surface area contributed by atoms with E-state index in [4.69, 9.17) is 4.74 Å². The van der Waals surface area contributed by atoms with E-state index in [1.165, 1.54) is 19.3 Å². The SMILES string of the molecule is CC(=O)N(CCC(=O)NC1CCCCC1)CC1CCCO1. The van der Waals surface area contributed by atoms with Crippen molar-refractivity contribution in [3.05, 3.63) is 0 Å². The summed E-state index contributed by atoms with van der Waals surface area (Å²) in [6, 6.07) is 0.343. The Morgan fingerprint density at radius 3 is 2.52 bits per heavy atom. The summed E-state index contributed by atoms with van der Waals surface area (Å²) in [5.74, 6) is 0.0939. The number of hydrogen-bond acceptors (Lipinski definition) is 3. The fourth-order valence-corrected chi connectivity index (χ4v) is 3.19. The van der Waals surface area contributed by atoms with Gasteiger partial charge in [0.1, 0.15) is 0 Å². The number of rotatable bonds is 6. The Labute approximate surface area is 127 Å². The summed E-state index contributed by atoms with van der Waals surface area (Å²) in [6.45, 7) is 3.46. The molecule has 0 bridgehead atoms. The number of carbonyl (C=O) groups excluding carboxylic acids is 2. The fourth-order valence-electron chi connectivity index (χ4n) is 3.19. The molecule has 0 spiro atoms. The van der Waals surface area contributed by atoms with Gasteiger partial charge in [-0.15, -0.1) is 0 Å². The Morgan fingerprint density at radius 1 is 1.14 bits per heavy atom. The van der Waals surface area contributed by atoms with E-state index in [-0.39, 0.29) is 17.9 Å².